The number of anilines is 1. The second-order valence-corrected chi connectivity index (χ2v) is 8.87. The number of ether oxygens (including phenoxy) is 1. The molecule has 3 aromatic rings. The van der Waals surface area contributed by atoms with Gasteiger partial charge in [0.25, 0.3) is 0 Å². The van der Waals surface area contributed by atoms with Crippen LogP contribution in [0.2, 0.25) is 0 Å². The second kappa shape index (κ2) is 9.43. The molecule has 5 rings (SSSR count). The van der Waals surface area contributed by atoms with Gasteiger partial charge >= 0.3 is 0 Å². The number of piperazine rings is 1. The molecule has 6 heteroatoms. The minimum absolute atomic E-state index is 0.172. The van der Waals surface area contributed by atoms with Gasteiger partial charge in [0.1, 0.15) is 17.1 Å². The minimum Gasteiger partial charge on any atom is -0.494 e. The number of hydrogen-bond acceptors (Lipinski definition) is 5. The largest absolute Gasteiger partial charge is 0.494 e. The van der Waals surface area contributed by atoms with Crippen molar-refractivity contribution in [2.45, 2.75) is 25.4 Å². The fourth-order valence-corrected chi connectivity index (χ4v) is 5.11. The molecule has 0 radical (unpaired) electrons. The highest BCUT2D eigenvalue weighted by atomic mass is 19.1. The highest BCUT2D eigenvalue weighted by molar-refractivity contribution is 5.84. The zero-order valence-corrected chi connectivity index (χ0v) is 18.7. The summed E-state index contributed by atoms with van der Waals surface area (Å²) in [6.07, 6.45) is 2.48. The van der Waals surface area contributed by atoms with Crippen molar-refractivity contribution in [2.75, 3.05) is 51.3 Å². The molecule has 1 atom stereocenters. The van der Waals surface area contributed by atoms with E-state index in [1.807, 2.05) is 24.3 Å². The highest BCUT2D eigenvalue weighted by Gasteiger charge is 2.28. The number of para-hydroxylation sites is 1. The molecule has 1 unspecified atom stereocenters. The number of pyridine rings is 1. The van der Waals surface area contributed by atoms with E-state index in [4.69, 9.17) is 9.72 Å². The van der Waals surface area contributed by atoms with Crippen LogP contribution in [0.3, 0.4) is 0 Å². The van der Waals surface area contributed by atoms with Crippen molar-refractivity contribution in [1.29, 1.82) is 0 Å². The van der Waals surface area contributed by atoms with Gasteiger partial charge in [-0.05, 0) is 55.8 Å². The van der Waals surface area contributed by atoms with Gasteiger partial charge in [-0.3, -0.25) is 9.80 Å². The third kappa shape index (κ3) is 4.57. The van der Waals surface area contributed by atoms with Gasteiger partial charge in [-0.25, -0.2) is 9.37 Å². The molecule has 0 aliphatic carbocycles. The predicted molar refractivity (Wildman–Crippen MR) is 127 cm³/mol. The molecule has 0 bridgehead atoms. The molecule has 5 nitrogen and oxygen atoms in total. The van der Waals surface area contributed by atoms with E-state index in [9.17, 15) is 4.39 Å². The maximum Gasteiger partial charge on any atom is 0.145 e. The molecule has 2 aromatic carbocycles. The lowest BCUT2D eigenvalue weighted by atomic mass is 10.0. The molecule has 2 aliphatic rings. The number of benzene rings is 2. The molecule has 2 saturated heterocycles. The smallest absolute Gasteiger partial charge is 0.145 e. The van der Waals surface area contributed by atoms with Crippen LogP contribution in [-0.2, 0) is 6.54 Å². The zero-order valence-electron chi connectivity index (χ0n) is 18.7. The lowest BCUT2D eigenvalue weighted by molar-refractivity contribution is 0.0881. The normalized spacial score (nSPS) is 20.6. The summed E-state index contributed by atoms with van der Waals surface area (Å²) in [6.45, 7) is 7.19. The monoisotopic (exact) mass is 434 g/mol. The molecule has 3 heterocycles. The number of nitrogens with zero attached hydrogens (tertiary/aromatic N) is 4. The van der Waals surface area contributed by atoms with Gasteiger partial charge in [0.2, 0.25) is 0 Å². The summed E-state index contributed by atoms with van der Waals surface area (Å²) in [5, 5.41) is 1.11. The van der Waals surface area contributed by atoms with Gasteiger partial charge in [-0.15, -0.1) is 0 Å². The third-order valence-electron chi connectivity index (χ3n) is 6.85. The van der Waals surface area contributed by atoms with Crippen LogP contribution in [0.4, 0.5) is 10.1 Å². The molecule has 0 N–H and O–H groups in total. The number of halogens is 1. The Labute approximate surface area is 189 Å². The third-order valence-corrected chi connectivity index (χ3v) is 6.85. The number of methoxy groups -OCH3 is 1. The summed E-state index contributed by atoms with van der Waals surface area (Å²) < 4.78 is 18.7. The Balaban J connectivity index is 1.20. The lowest BCUT2D eigenvalue weighted by Gasteiger charge is -2.44. The zero-order chi connectivity index (χ0) is 21.9. The van der Waals surface area contributed by atoms with Crippen LogP contribution in [0.5, 0.6) is 5.75 Å². The van der Waals surface area contributed by atoms with Gasteiger partial charge < -0.3 is 9.64 Å². The average Bonchev–Trinajstić information content (AvgIpc) is 2.84. The summed E-state index contributed by atoms with van der Waals surface area (Å²) in [5.41, 5.74) is 3.16. The first-order valence-electron chi connectivity index (χ1n) is 11.6. The maximum atomic E-state index is 13.2. The Morgan fingerprint density at radius 1 is 0.969 bits per heavy atom. The van der Waals surface area contributed by atoms with Crippen LogP contribution >= 0.6 is 0 Å². The fourth-order valence-electron chi connectivity index (χ4n) is 5.11. The molecule has 0 spiro atoms. The Hall–Kier alpha value is -2.70. The van der Waals surface area contributed by atoms with E-state index in [1.165, 1.54) is 12.8 Å². The standard InChI is InChI=1S/C26H31FN4O/c1-32-25-6-2-4-20-7-10-22(28-26(20)25)18-29-13-3-5-24(19-29)31-16-14-30(15-17-31)23-11-8-21(27)9-12-23/h2,4,6-12,24H,3,5,13-19H2,1H3. The van der Waals surface area contributed by atoms with E-state index in [1.54, 1.807) is 19.2 Å². The Bertz CT molecular complexity index is 1050. The van der Waals surface area contributed by atoms with Crippen LogP contribution in [0.25, 0.3) is 10.9 Å². The fraction of sp³-hybridized carbons (Fsp3) is 0.423. The van der Waals surface area contributed by atoms with Crippen LogP contribution in [0.1, 0.15) is 18.5 Å². The molecule has 0 saturated carbocycles. The summed E-state index contributed by atoms with van der Waals surface area (Å²) in [6, 6.07) is 17.8. The topological polar surface area (TPSA) is 31.8 Å². The lowest BCUT2D eigenvalue weighted by Crippen LogP contribution is -2.55. The van der Waals surface area contributed by atoms with E-state index >= 15 is 0 Å². The quantitative estimate of drug-likeness (QED) is 0.602. The highest BCUT2D eigenvalue weighted by Crippen LogP contribution is 2.25. The molecule has 1 aromatic heterocycles. The SMILES string of the molecule is COc1cccc2ccc(CN3CCCC(N4CCN(c5ccc(F)cc5)CC4)C3)nc12. The first kappa shape index (κ1) is 21.2. The molecule has 2 aliphatic heterocycles. The van der Waals surface area contributed by atoms with Gasteiger partial charge in [0.15, 0.2) is 0 Å². The van der Waals surface area contributed by atoms with Gasteiger partial charge in [-0.1, -0.05) is 18.2 Å². The summed E-state index contributed by atoms with van der Waals surface area (Å²) >= 11 is 0. The van der Waals surface area contributed by atoms with E-state index < -0.39 is 0 Å². The number of hydrogen-bond donors (Lipinski definition) is 0. The number of fused-ring (bicyclic) bond motifs is 1. The number of rotatable bonds is 5. The second-order valence-electron chi connectivity index (χ2n) is 8.87. The molecule has 0 amide bonds. The van der Waals surface area contributed by atoms with Crippen molar-refractivity contribution < 1.29 is 9.13 Å². The van der Waals surface area contributed by atoms with Crippen LogP contribution in [-0.4, -0.2) is 67.2 Å². The summed E-state index contributed by atoms with van der Waals surface area (Å²) in [7, 11) is 1.70. The van der Waals surface area contributed by atoms with Crippen LogP contribution in [0, 0.1) is 5.82 Å². The van der Waals surface area contributed by atoms with Gasteiger partial charge in [0, 0.05) is 56.4 Å². The van der Waals surface area contributed by atoms with Gasteiger partial charge in [-0.2, -0.15) is 0 Å². The first-order valence-corrected chi connectivity index (χ1v) is 11.6. The molecule has 168 valence electrons. The van der Waals surface area contributed by atoms with Crippen molar-refractivity contribution in [3.63, 3.8) is 0 Å². The van der Waals surface area contributed by atoms with Crippen molar-refractivity contribution >= 4 is 16.6 Å². The predicted octanol–water partition coefficient (Wildman–Crippen LogP) is 4.17. The molecular formula is C26H31FN4O. The van der Waals surface area contributed by atoms with E-state index in [2.05, 4.69) is 32.9 Å². The summed E-state index contributed by atoms with van der Waals surface area (Å²) in [5.74, 6) is 0.661. The molecule has 2 fully saturated rings. The maximum absolute atomic E-state index is 13.2. The average molecular weight is 435 g/mol. The van der Waals surface area contributed by atoms with E-state index in [0.29, 0.717) is 6.04 Å². The first-order chi connectivity index (χ1) is 15.7. The van der Waals surface area contributed by atoms with Crippen molar-refractivity contribution in [2.24, 2.45) is 0 Å². The number of likely N-dealkylation sites (tertiary alicyclic amines) is 1. The molecule has 32 heavy (non-hydrogen) atoms. The van der Waals surface area contributed by atoms with E-state index in [0.717, 1.165) is 73.8 Å². The van der Waals surface area contributed by atoms with Crippen molar-refractivity contribution in [3.05, 3.63) is 66.1 Å². The number of piperidine rings is 1. The minimum atomic E-state index is -0.172. The molecular weight excluding hydrogens is 403 g/mol. The Kier molecular flexibility index (Phi) is 6.23. The number of aromatic nitrogens is 1. The Morgan fingerprint density at radius 3 is 2.56 bits per heavy atom. The van der Waals surface area contributed by atoms with Crippen LogP contribution in [0.15, 0.2) is 54.6 Å². The van der Waals surface area contributed by atoms with Gasteiger partial charge in [0.05, 0.1) is 12.8 Å². The van der Waals surface area contributed by atoms with E-state index in [-0.39, 0.29) is 5.82 Å². The summed E-state index contributed by atoms with van der Waals surface area (Å²) in [4.78, 5) is 12.5. The van der Waals surface area contributed by atoms with Crippen molar-refractivity contribution in [1.82, 2.24) is 14.8 Å². The van der Waals surface area contributed by atoms with Crippen LogP contribution < -0.4 is 9.64 Å². The van der Waals surface area contributed by atoms with Crippen molar-refractivity contribution in [3.8, 4) is 5.75 Å². The Morgan fingerprint density at radius 2 is 1.78 bits per heavy atom.